The molecule has 1 fully saturated rings. The molecule has 0 unspecified atom stereocenters. The Morgan fingerprint density at radius 2 is 1.65 bits per heavy atom. The van der Waals surface area contributed by atoms with Gasteiger partial charge in [0.25, 0.3) is 10.0 Å². The fourth-order valence-corrected chi connectivity index (χ4v) is 6.53. The zero-order valence-corrected chi connectivity index (χ0v) is 23.7. The van der Waals surface area contributed by atoms with E-state index in [4.69, 9.17) is 0 Å². The van der Waals surface area contributed by atoms with E-state index in [0.717, 1.165) is 35.6 Å². The second-order valence-electron chi connectivity index (χ2n) is 10.2. The molecule has 7 nitrogen and oxygen atoms in total. The molecule has 0 aliphatic heterocycles. The smallest absolute Gasteiger partial charge is 0.264 e. The van der Waals surface area contributed by atoms with Crippen LogP contribution in [-0.2, 0) is 26.2 Å². The number of hydrogen-bond acceptors (Lipinski definition) is 4. The van der Waals surface area contributed by atoms with Crippen LogP contribution in [0.4, 0.5) is 10.1 Å². The van der Waals surface area contributed by atoms with E-state index in [9.17, 15) is 22.4 Å². The largest absolute Gasteiger partial charge is 0.352 e. The van der Waals surface area contributed by atoms with Crippen LogP contribution in [0.5, 0.6) is 0 Å². The maximum atomic E-state index is 14.1. The number of nitrogens with zero attached hydrogens (tertiary/aromatic N) is 2. The quantitative estimate of drug-likeness (QED) is 0.347. The van der Waals surface area contributed by atoms with E-state index in [0.29, 0.717) is 17.7 Å². The Morgan fingerprint density at radius 1 is 0.975 bits per heavy atom. The number of carbonyl (C=O) groups is 2. The fraction of sp³-hybridized carbons (Fsp3) is 0.355. The molecule has 1 atom stereocenters. The van der Waals surface area contributed by atoms with Gasteiger partial charge in [0.05, 0.1) is 10.6 Å². The topological polar surface area (TPSA) is 86.8 Å². The van der Waals surface area contributed by atoms with E-state index in [1.54, 1.807) is 48.5 Å². The number of sulfonamides is 1. The van der Waals surface area contributed by atoms with Crippen molar-refractivity contribution in [3.05, 3.63) is 95.8 Å². The van der Waals surface area contributed by atoms with Crippen molar-refractivity contribution >= 4 is 27.5 Å². The van der Waals surface area contributed by atoms with Crippen LogP contribution in [0.2, 0.25) is 0 Å². The van der Waals surface area contributed by atoms with Crippen molar-refractivity contribution < 1.29 is 22.4 Å². The van der Waals surface area contributed by atoms with Gasteiger partial charge in [0.2, 0.25) is 11.8 Å². The lowest BCUT2D eigenvalue weighted by molar-refractivity contribution is -0.140. The highest BCUT2D eigenvalue weighted by Gasteiger charge is 2.34. The van der Waals surface area contributed by atoms with Gasteiger partial charge in [0, 0.05) is 12.6 Å². The predicted molar refractivity (Wildman–Crippen MR) is 154 cm³/mol. The van der Waals surface area contributed by atoms with Crippen molar-refractivity contribution in [3.63, 3.8) is 0 Å². The fourth-order valence-electron chi connectivity index (χ4n) is 5.11. The summed E-state index contributed by atoms with van der Waals surface area (Å²) in [5, 5.41) is 3.08. The number of nitrogens with one attached hydrogen (secondary N) is 1. The summed E-state index contributed by atoms with van der Waals surface area (Å²) in [6.45, 7) is 3.20. The molecule has 212 valence electrons. The number of rotatable bonds is 11. The molecular formula is C31H36FN3O4S. The van der Waals surface area contributed by atoms with Gasteiger partial charge < -0.3 is 10.2 Å². The molecule has 0 saturated heterocycles. The summed E-state index contributed by atoms with van der Waals surface area (Å²) in [5.41, 5.74) is 1.82. The van der Waals surface area contributed by atoms with Crippen molar-refractivity contribution in [2.45, 2.75) is 69.5 Å². The minimum atomic E-state index is -4.11. The highest BCUT2D eigenvalue weighted by Crippen LogP contribution is 2.26. The number of hydrogen-bond donors (Lipinski definition) is 1. The minimum Gasteiger partial charge on any atom is -0.352 e. The first-order valence-electron chi connectivity index (χ1n) is 13.7. The summed E-state index contributed by atoms with van der Waals surface area (Å²) >= 11 is 0. The minimum absolute atomic E-state index is 0.0305. The van der Waals surface area contributed by atoms with E-state index in [-0.39, 0.29) is 23.4 Å². The number of halogens is 1. The zero-order chi connectivity index (χ0) is 28.7. The summed E-state index contributed by atoms with van der Waals surface area (Å²) in [4.78, 5) is 29.0. The first-order valence-corrected chi connectivity index (χ1v) is 15.1. The van der Waals surface area contributed by atoms with Crippen molar-refractivity contribution in [3.8, 4) is 0 Å². The van der Waals surface area contributed by atoms with Gasteiger partial charge in [-0.05, 0) is 73.7 Å². The van der Waals surface area contributed by atoms with Crippen molar-refractivity contribution in [2.24, 2.45) is 0 Å². The Hall–Kier alpha value is -3.72. The lowest BCUT2D eigenvalue weighted by Gasteiger charge is -2.33. The Bertz CT molecular complexity index is 1410. The van der Waals surface area contributed by atoms with Crippen LogP contribution in [0.25, 0.3) is 0 Å². The molecule has 4 rings (SSSR count). The Morgan fingerprint density at radius 3 is 2.27 bits per heavy atom. The van der Waals surface area contributed by atoms with Crippen molar-refractivity contribution in [1.82, 2.24) is 10.2 Å². The Kier molecular flexibility index (Phi) is 9.58. The Balaban J connectivity index is 1.70. The second kappa shape index (κ2) is 13.1. The predicted octanol–water partition coefficient (Wildman–Crippen LogP) is 5.20. The monoisotopic (exact) mass is 565 g/mol. The van der Waals surface area contributed by atoms with Crippen LogP contribution < -0.4 is 9.62 Å². The molecule has 1 aliphatic rings. The van der Waals surface area contributed by atoms with Crippen molar-refractivity contribution in [1.29, 1.82) is 0 Å². The van der Waals surface area contributed by atoms with Gasteiger partial charge in [0.15, 0.2) is 0 Å². The molecule has 9 heteroatoms. The standard InChI is InChI=1S/C31H36FN3O4S/c1-3-29(31(37)33-26-11-7-8-12-26)34(21-24-16-18-25(32)19-17-24)30(36)22-35(27-13-9-10-23(2)20-27)40(38,39)28-14-5-4-6-15-28/h4-6,9-10,13-20,26,29H,3,7-8,11-12,21-22H2,1-2H3,(H,33,37)/t29-/m1/s1. The van der Waals surface area contributed by atoms with Crippen LogP contribution in [0.3, 0.4) is 0 Å². The number of amides is 2. The van der Waals surface area contributed by atoms with Gasteiger partial charge in [-0.3, -0.25) is 13.9 Å². The Labute approximate surface area is 236 Å². The SMILES string of the molecule is CC[C@H](C(=O)NC1CCCC1)N(Cc1ccc(F)cc1)C(=O)CN(c1cccc(C)c1)S(=O)(=O)c1ccccc1. The van der Waals surface area contributed by atoms with E-state index >= 15 is 0 Å². The average molecular weight is 566 g/mol. The normalized spacial score (nSPS) is 14.5. The third kappa shape index (κ3) is 7.07. The molecule has 1 saturated carbocycles. The molecule has 3 aromatic carbocycles. The van der Waals surface area contributed by atoms with E-state index in [2.05, 4.69) is 5.32 Å². The molecule has 1 aliphatic carbocycles. The van der Waals surface area contributed by atoms with Crippen LogP contribution in [-0.4, -0.2) is 43.8 Å². The van der Waals surface area contributed by atoms with Crippen LogP contribution >= 0.6 is 0 Å². The molecule has 1 N–H and O–H groups in total. The molecule has 0 spiro atoms. The molecular weight excluding hydrogens is 529 g/mol. The van der Waals surface area contributed by atoms with Gasteiger partial charge in [-0.1, -0.05) is 62.2 Å². The molecule has 0 aromatic heterocycles. The first kappa shape index (κ1) is 29.3. The van der Waals surface area contributed by atoms with Crippen LogP contribution in [0.1, 0.15) is 50.2 Å². The maximum Gasteiger partial charge on any atom is 0.264 e. The molecule has 0 heterocycles. The lowest BCUT2D eigenvalue weighted by atomic mass is 10.1. The highest BCUT2D eigenvalue weighted by molar-refractivity contribution is 7.92. The first-order chi connectivity index (χ1) is 19.2. The number of carbonyl (C=O) groups excluding carboxylic acids is 2. The van der Waals surface area contributed by atoms with Crippen LogP contribution in [0.15, 0.2) is 83.8 Å². The van der Waals surface area contributed by atoms with Gasteiger partial charge in [-0.15, -0.1) is 0 Å². The van der Waals surface area contributed by atoms with Crippen molar-refractivity contribution in [2.75, 3.05) is 10.8 Å². The summed E-state index contributed by atoms with van der Waals surface area (Å²) in [7, 11) is -4.11. The number of anilines is 1. The molecule has 0 radical (unpaired) electrons. The lowest BCUT2D eigenvalue weighted by Crippen LogP contribution is -2.53. The third-order valence-electron chi connectivity index (χ3n) is 7.25. The third-order valence-corrected chi connectivity index (χ3v) is 9.04. The van der Waals surface area contributed by atoms with E-state index in [1.807, 2.05) is 19.9 Å². The zero-order valence-electron chi connectivity index (χ0n) is 22.9. The van der Waals surface area contributed by atoms with E-state index < -0.39 is 34.3 Å². The van der Waals surface area contributed by atoms with Gasteiger partial charge in [0.1, 0.15) is 18.4 Å². The molecule has 40 heavy (non-hydrogen) atoms. The van der Waals surface area contributed by atoms with Crippen LogP contribution in [0, 0.1) is 12.7 Å². The summed E-state index contributed by atoms with van der Waals surface area (Å²) < 4.78 is 42.4. The summed E-state index contributed by atoms with van der Waals surface area (Å²) in [5.74, 6) is -1.20. The van der Waals surface area contributed by atoms with Gasteiger partial charge in [-0.2, -0.15) is 0 Å². The molecule has 2 amide bonds. The highest BCUT2D eigenvalue weighted by atomic mass is 32.2. The average Bonchev–Trinajstić information content (AvgIpc) is 3.46. The maximum absolute atomic E-state index is 14.1. The molecule has 3 aromatic rings. The summed E-state index contributed by atoms with van der Waals surface area (Å²) in [6, 6.07) is 19.9. The summed E-state index contributed by atoms with van der Waals surface area (Å²) in [6.07, 6.45) is 4.21. The van der Waals surface area contributed by atoms with Gasteiger partial charge >= 0.3 is 0 Å². The molecule has 0 bridgehead atoms. The number of benzene rings is 3. The number of aryl methyl sites for hydroxylation is 1. The van der Waals surface area contributed by atoms with Gasteiger partial charge in [-0.25, -0.2) is 12.8 Å². The second-order valence-corrected chi connectivity index (χ2v) is 12.1. The van der Waals surface area contributed by atoms with E-state index in [1.165, 1.54) is 29.2 Å².